The minimum atomic E-state index is -4.63. The molecule has 1 amide bonds. The number of fused-ring (bicyclic) bond motifs is 1. The maximum atomic E-state index is 13.7. The first-order valence-corrected chi connectivity index (χ1v) is 12.2. The van der Waals surface area contributed by atoms with E-state index < -0.39 is 38.8 Å². The van der Waals surface area contributed by atoms with Crippen molar-refractivity contribution >= 4 is 38.4 Å². The van der Waals surface area contributed by atoms with Crippen LogP contribution in [0, 0.1) is 6.92 Å². The zero-order valence-electron chi connectivity index (χ0n) is 16.5. The van der Waals surface area contributed by atoms with Gasteiger partial charge in [-0.25, -0.2) is 8.42 Å². The third-order valence-corrected chi connectivity index (χ3v) is 8.40. The van der Waals surface area contributed by atoms with Crippen LogP contribution in [0.1, 0.15) is 16.7 Å². The number of anilines is 1. The smallest absolute Gasteiger partial charge is 0.315 e. The summed E-state index contributed by atoms with van der Waals surface area (Å²) in [5.41, 5.74) is 0.657. The Kier molecular flexibility index (Phi) is 5.63. The quantitative estimate of drug-likeness (QED) is 0.685. The number of amides is 1. The first-order valence-electron chi connectivity index (χ1n) is 9.53. The molecule has 2 atom stereocenters. The summed E-state index contributed by atoms with van der Waals surface area (Å²) >= 11 is 1.06. The first kappa shape index (κ1) is 21.9. The van der Waals surface area contributed by atoms with Crippen LogP contribution in [0.3, 0.4) is 0 Å². The lowest BCUT2D eigenvalue weighted by atomic mass is 10.1. The molecule has 10 heteroatoms. The van der Waals surface area contributed by atoms with Gasteiger partial charge in [0.15, 0.2) is 15.0 Å². The number of rotatable bonds is 3. The van der Waals surface area contributed by atoms with Gasteiger partial charge in [-0.2, -0.15) is 18.2 Å². The number of carbonyl (C=O) groups is 1. The zero-order chi connectivity index (χ0) is 22.4. The lowest BCUT2D eigenvalue weighted by Crippen LogP contribution is -2.39. The molecule has 31 heavy (non-hydrogen) atoms. The van der Waals surface area contributed by atoms with E-state index in [0.717, 1.165) is 29.0 Å². The molecule has 0 saturated carbocycles. The van der Waals surface area contributed by atoms with Crippen molar-refractivity contribution in [3.05, 3.63) is 65.2 Å². The number of benzene rings is 2. The number of sulfone groups is 1. The van der Waals surface area contributed by atoms with Gasteiger partial charge in [0.25, 0.3) is 5.91 Å². The molecule has 5 nitrogen and oxygen atoms in total. The second kappa shape index (κ2) is 7.98. The number of carbonyl (C=O) groups excluding carboxylic acids is 1. The standard InChI is InChI=1S/C21H19F3N2O3S2/c1-13-5-4-6-14(9-13)10-19(27)25-20-26(17-11-31(28,29)12-18(17)30-20)16-8-3-2-7-15(16)21(22,23)24/h2-9,17-18H,10-12H2,1H3/t17-,18-/m1/s1. The van der Waals surface area contributed by atoms with Crippen molar-refractivity contribution < 1.29 is 26.4 Å². The third kappa shape index (κ3) is 4.64. The number of aryl methyl sites for hydroxylation is 1. The fourth-order valence-electron chi connectivity index (χ4n) is 3.91. The minimum Gasteiger partial charge on any atom is -0.315 e. The molecular formula is C21H19F3N2O3S2. The molecule has 0 N–H and O–H groups in total. The summed E-state index contributed by atoms with van der Waals surface area (Å²) in [6.45, 7) is 1.89. The number of para-hydroxylation sites is 1. The van der Waals surface area contributed by atoms with Crippen molar-refractivity contribution in [2.24, 2.45) is 4.99 Å². The van der Waals surface area contributed by atoms with Crippen molar-refractivity contribution in [3.8, 4) is 0 Å². The molecule has 2 fully saturated rings. The van der Waals surface area contributed by atoms with E-state index in [0.29, 0.717) is 0 Å². The SMILES string of the molecule is Cc1cccc(CC(=O)N=C2S[C@@H]3CS(=O)(=O)C[C@H]3N2c2ccccc2C(F)(F)F)c1. The van der Waals surface area contributed by atoms with Gasteiger partial charge in [-0.3, -0.25) is 4.79 Å². The van der Waals surface area contributed by atoms with Gasteiger partial charge in [0, 0.05) is 5.25 Å². The van der Waals surface area contributed by atoms with Crippen molar-refractivity contribution in [2.45, 2.75) is 30.8 Å². The largest absolute Gasteiger partial charge is 0.418 e. The average molecular weight is 469 g/mol. The molecule has 4 rings (SSSR count). The molecule has 164 valence electrons. The third-order valence-electron chi connectivity index (χ3n) is 5.19. The van der Waals surface area contributed by atoms with Gasteiger partial charge in [0.1, 0.15) is 0 Å². The Labute approximate surface area is 182 Å². The molecule has 2 saturated heterocycles. The summed E-state index contributed by atoms with van der Waals surface area (Å²) in [7, 11) is -3.38. The fourth-order valence-corrected chi connectivity index (χ4v) is 7.84. The van der Waals surface area contributed by atoms with Crippen LogP contribution in [0.4, 0.5) is 18.9 Å². The van der Waals surface area contributed by atoms with Crippen molar-refractivity contribution in [3.63, 3.8) is 0 Å². The van der Waals surface area contributed by atoms with Gasteiger partial charge in [-0.15, -0.1) is 0 Å². The summed E-state index contributed by atoms with van der Waals surface area (Å²) in [6.07, 6.45) is -4.62. The van der Waals surface area contributed by atoms with Crippen molar-refractivity contribution in [2.75, 3.05) is 16.4 Å². The predicted molar refractivity (Wildman–Crippen MR) is 115 cm³/mol. The first-order chi connectivity index (χ1) is 14.5. The van der Waals surface area contributed by atoms with Crippen LogP contribution in [-0.2, 0) is 27.2 Å². The molecule has 2 heterocycles. The monoisotopic (exact) mass is 468 g/mol. The van der Waals surface area contributed by atoms with Gasteiger partial charge in [0.05, 0.1) is 35.2 Å². The van der Waals surface area contributed by atoms with Crippen LogP contribution < -0.4 is 4.90 Å². The number of aliphatic imine (C=N–C) groups is 1. The second-order valence-electron chi connectivity index (χ2n) is 7.64. The molecule has 2 aliphatic rings. The molecule has 0 radical (unpaired) electrons. The number of halogens is 3. The highest BCUT2D eigenvalue weighted by molar-refractivity contribution is 8.16. The molecule has 2 aliphatic heterocycles. The number of hydrogen-bond acceptors (Lipinski definition) is 4. The minimum absolute atomic E-state index is 0.00807. The lowest BCUT2D eigenvalue weighted by molar-refractivity contribution is -0.137. The van der Waals surface area contributed by atoms with Crippen molar-refractivity contribution in [1.29, 1.82) is 0 Å². The van der Waals surface area contributed by atoms with E-state index in [1.807, 2.05) is 25.1 Å². The molecular weight excluding hydrogens is 449 g/mol. The van der Waals surface area contributed by atoms with Crippen LogP contribution in [0.15, 0.2) is 53.5 Å². The Hall–Kier alpha value is -2.33. The van der Waals surface area contributed by atoms with Crippen LogP contribution in [0.2, 0.25) is 0 Å². The van der Waals surface area contributed by atoms with Gasteiger partial charge >= 0.3 is 6.18 Å². The lowest BCUT2D eigenvalue weighted by Gasteiger charge is -2.27. The Morgan fingerprint density at radius 1 is 1.16 bits per heavy atom. The predicted octanol–water partition coefficient (Wildman–Crippen LogP) is 3.86. The molecule has 0 aliphatic carbocycles. The van der Waals surface area contributed by atoms with Crippen molar-refractivity contribution in [1.82, 2.24) is 0 Å². The zero-order valence-corrected chi connectivity index (χ0v) is 18.1. The molecule has 0 spiro atoms. The molecule has 0 bridgehead atoms. The Bertz CT molecular complexity index is 1160. The highest BCUT2D eigenvalue weighted by Gasteiger charge is 2.51. The van der Waals surface area contributed by atoms with E-state index >= 15 is 0 Å². The average Bonchev–Trinajstić information content (AvgIpc) is 3.11. The van der Waals surface area contributed by atoms with E-state index in [1.165, 1.54) is 23.1 Å². The maximum Gasteiger partial charge on any atom is 0.418 e. The Balaban J connectivity index is 1.72. The fraction of sp³-hybridized carbons (Fsp3) is 0.333. The Morgan fingerprint density at radius 3 is 2.61 bits per heavy atom. The van der Waals surface area contributed by atoms with Gasteiger partial charge < -0.3 is 4.90 Å². The van der Waals surface area contributed by atoms with E-state index in [9.17, 15) is 26.4 Å². The number of nitrogens with zero attached hydrogens (tertiary/aromatic N) is 2. The van der Waals surface area contributed by atoms with E-state index in [2.05, 4.69) is 4.99 Å². The van der Waals surface area contributed by atoms with Gasteiger partial charge in [-0.1, -0.05) is 53.7 Å². The van der Waals surface area contributed by atoms with Crippen LogP contribution >= 0.6 is 11.8 Å². The molecule has 2 aromatic rings. The van der Waals surface area contributed by atoms with E-state index in [4.69, 9.17) is 0 Å². The van der Waals surface area contributed by atoms with E-state index in [-0.39, 0.29) is 28.8 Å². The summed E-state index contributed by atoms with van der Waals surface area (Å²) in [5, 5.41) is -0.365. The highest BCUT2D eigenvalue weighted by atomic mass is 32.2. The van der Waals surface area contributed by atoms with Crippen LogP contribution in [0.5, 0.6) is 0 Å². The van der Waals surface area contributed by atoms with Crippen LogP contribution in [0.25, 0.3) is 0 Å². The topological polar surface area (TPSA) is 66.8 Å². The highest BCUT2D eigenvalue weighted by Crippen LogP contribution is 2.45. The molecule has 2 aromatic carbocycles. The number of alkyl halides is 3. The molecule has 0 aromatic heterocycles. The van der Waals surface area contributed by atoms with E-state index in [1.54, 1.807) is 6.07 Å². The normalized spacial score (nSPS) is 23.9. The summed E-state index contributed by atoms with van der Waals surface area (Å²) in [4.78, 5) is 18.0. The second-order valence-corrected chi connectivity index (χ2v) is 11.0. The maximum absolute atomic E-state index is 13.7. The Morgan fingerprint density at radius 2 is 1.90 bits per heavy atom. The number of hydrogen-bond donors (Lipinski definition) is 0. The van der Waals surface area contributed by atoms with Crippen LogP contribution in [-0.4, -0.2) is 42.3 Å². The summed E-state index contributed by atoms with van der Waals surface area (Å²) in [6, 6.07) is 11.6. The summed E-state index contributed by atoms with van der Waals surface area (Å²) in [5.74, 6) is -0.925. The molecule has 0 unspecified atom stereocenters. The number of thioether (sulfide) groups is 1. The van der Waals surface area contributed by atoms with Gasteiger partial charge in [0.2, 0.25) is 0 Å². The number of amidine groups is 1. The summed E-state index contributed by atoms with van der Waals surface area (Å²) < 4.78 is 65.2. The van der Waals surface area contributed by atoms with Gasteiger partial charge in [-0.05, 0) is 24.6 Å².